The summed E-state index contributed by atoms with van der Waals surface area (Å²) in [6.07, 6.45) is 9.45. The van der Waals surface area contributed by atoms with Crippen molar-refractivity contribution in [3.8, 4) is 5.75 Å². The fraction of sp³-hybridized carbons (Fsp3) is 0.643. The molecule has 3 atom stereocenters. The van der Waals surface area contributed by atoms with Crippen LogP contribution in [-0.2, 0) is 4.79 Å². The molecule has 192 valence electrons. The number of alkyl halides is 1. The lowest BCUT2D eigenvalue weighted by molar-refractivity contribution is -0.139. The van der Waals surface area contributed by atoms with E-state index in [1.807, 2.05) is 18.2 Å². The monoisotopic (exact) mass is 502 g/mol. The number of carbonyl (C=O) groups is 1. The SMILES string of the molecule is COc1ccc2nccc(C(F)CC[C@@H]3CCN(CCCSC4CCCC4)C[C@@H]3CC(=O)O)c2c1. The van der Waals surface area contributed by atoms with Gasteiger partial charge in [-0.3, -0.25) is 9.78 Å². The van der Waals surface area contributed by atoms with Gasteiger partial charge < -0.3 is 14.7 Å². The van der Waals surface area contributed by atoms with E-state index in [-0.39, 0.29) is 18.3 Å². The van der Waals surface area contributed by atoms with Crippen LogP contribution in [0.25, 0.3) is 10.9 Å². The van der Waals surface area contributed by atoms with Gasteiger partial charge in [0.15, 0.2) is 0 Å². The number of halogens is 1. The molecule has 1 aliphatic heterocycles. The summed E-state index contributed by atoms with van der Waals surface area (Å²) in [4.78, 5) is 18.4. The Bertz CT molecular complexity index is 968. The van der Waals surface area contributed by atoms with Crippen molar-refractivity contribution in [2.24, 2.45) is 11.8 Å². The van der Waals surface area contributed by atoms with Crippen molar-refractivity contribution in [2.75, 3.05) is 32.5 Å². The van der Waals surface area contributed by atoms with Gasteiger partial charge in [0, 0.05) is 29.8 Å². The van der Waals surface area contributed by atoms with Crippen molar-refractivity contribution >= 4 is 28.6 Å². The maximum atomic E-state index is 15.5. The van der Waals surface area contributed by atoms with Crippen molar-refractivity contribution in [3.05, 3.63) is 36.0 Å². The molecule has 1 N–H and O–H groups in total. The lowest BCUT2D eigenvalue weighted by atomic mass is 9.79. The smallest absolute Gasteiger partial charge is 0.303 e. The van der Waals surface area contributed by atoms with E-state index in [4.69, 9.17) is 4.74 Å². The van der Waals surface area contributed by atoms with Crippen LogP contribution in [0.2, 0.25) is 0 Å². The molecule has 2 fully saturated rings. The number of methoxy groups -OCH3 is 1. The van der Waals surface area contributed by atoms with Crippen LogP contribution in [0, 0.1) is 11.8 Å². The standard InChI is InChI=1S/C28H39FN2O3S/c1-34-22-8-10-27-25(18-22)24(11-13-30-27)26(29)9-7-20-12-15-31(19-21(20)17-28(32)33)14-4-16-35-23-5-2-3-6-23/h8,10-11,13,18,20-21,23,26H,2-7,9,12,14-17,19H2,1H3,(H,32,33)/t20-,21+,26?/m1/s1. The van der Waals surface area contributed by atoms with Crippen molar-refractivity contribution in [1.29, 1.82) is 0 Å². The number of pyridine rings is 1. The molecular weight excluding hydrogens is 463 g/mol. The average molecular weight is 503 g/mol. The topological polar surface area (TPSA) is 62.7 Å². The summed E-state index contributed by atoms with van der Waals surface area (Å²) < 4.78 is 20.8. The quantitative estimate of drug-likeness (QED) is 0.334. The molecule has 4 rings (SSSR count). The van der Waals surface area contributed by atoms with Crippen molar-refractivity contribution in [1.82, 2.24) is 9.88 Å². The van der Waals surface area contributed by atoms with E-state index in [9.17, 15) is 9.90 Å². The summed E-state index contributed by atoms with van der Waals surface area (Å²) in [5.41, 5.74) is 1.40. The predicted octanol–water partition coefficient (Wildman–Crippen LogP) is 6.51. The molecule has 2 heterocycles. The number of aromatic nitrogens is 1. The van der Waals surface area contributed by atoms with E-state index >= 15 is 4.39 Å². The van der Waals surface area contributed by atoms with Crippen molar-refractivity contribution < 1.29 is 19.0 Å². The normalized spacial score (nSPS) is 22.5. The molecule has 0 spiro atoms. The number of nitrogens with zero attached hydrogens (tertiary/aromatic N) is 2. The van der Waals surface area contributed by atoms with Gasteiger partial charge in [-0.15, -0.1) is 0 Å². The number of carboxylic acids is 1. The van der Waals surface area contributed by atoms with E-state index < -0.39 is 12.1 Å². The van der Waals surface area contributed by atoms with Crippen LogP contribution in [0.5, 0.6) is 5.75 Å². The summed E-state index contributed by atoms with van der Waals surface area (Å²) >= 11 is 2.12. The second-order valence-electron chi connectivity index (χ2n) is 10.2. The average Bonchev–Trinajstić information content (AvgIpc) is 3.38. The Kier molecular flexibility index (Phi) is 9.67. The van der Waals surface area contributed by atoms with Crippen molar-refractivity contribution in [3.63, 3.8) is 0 Å². The first-order chi connectivity index (χ1) is 17.0. The van der Waals surface area contributed by atoms with E-state index in [0.717, 1.165) is 48.6 Å². The third-order valence-corrected chi connectivity index (χ3v) is 9.26. The molecule has 2 aliphatic rings. The number of rotatable bonds is 12. The molecule has 7 heteroatoms. The summed E-state index contributed by atoms with van der Waals surface area (Å²) in [5.74, 6) is 1.47. The maximum absolute atomic E-state index is 15.5. The van der Waals surface area contributed by atoms with Gasteiger partial charge in [-0.25, -0.2) is 4.39 Å². The van der Waals surface area contributed by atoms with Gasteiger partial charge in [-0.1, -0.05) is 12.8 Å². The molecule has 1 aliphatic carbocycles. The number of likely N-dealkylation sites (tertiary alicyclic amines) is 1. The zero-order chi connectivity index (χ0) is 24.6. The first-order valence-electron chi connectivity index (χ1n) is 13.2. The number of thioether (sulfide) groups is 1. The second-order valence-corrected chi connectivity index (χ2v) is 11.6. The highest BCUT2D eigenvalue weighted by Crippen LogP contribution is 2.36. The third kappa shape index (κ3) is 7.32. The van der Waals surface area contributed by atoms with Gasteiger partial charge in [0.1, 0.15) is 11.9 Å². The Morgan fingerprint density at radius 3 is 2.86 bits per heavy atom. The predicted molar refractivity (Wildman–Crippen MR) is 141 cm³/mol. The number of piperidine rings is 1. The van der Waals surface area contributed by atoms with Crippen LogP contribution < -0.4 is 4.74 Å². The third-order valence-electron chi connectivity index (χ3n) is 7.80. The van der Waals surface area contributed by atoms with Gasteiger partial charge in [0.2, 0.25) is 0 Å². The first-order valence-corrected chi connectivity index (χ1v) is 14.2. The highest BCUT2D eigenvalue weighted by Gasteiger charge is 2.31. The molecule has 1 aromatic heterocycles. The minimum Gasteiger partial charge on any atom is -0.497 e. The Morgan fingerprint density at radius 2 is 2.09 bits per heavy atom. The number of fused-ring (bicyclic) bond motifs is 1. The molecule has 5 nitrogen and oxygen atoms in total. The second kappa shape index (κ2) is 12.9. The molecule has 1 aromatic carbocycles. The molecule has 1 saturated carbocycles. The zero-order valence-electron chi connectivity index (χ0n) is 20.8. The summed E-state index contributed by atoms with van der Waals surface area (Å²) in [7, 11) is 1.60. The largest absolute Gasteiger partial charge is 0.497 e. The highest BCUT2D eigenvalue weighted by molar-refractivity contribution is 7.99. The van der Waals surface area contributed by atoms with Crippen LogP contribution in [-0.4, -0.2) is 58.7 Å². The van der Waals surface area contributed by atoms with Crippen LogP contribution in [0.3, 0.4) is 0 Å². The Hall–Kier alpha value is -1.86. The number of aliphatic carboxylic acids is 1. The Balaban J connectivity index is 1.30. The Morgan fingerprint density at radius 1 is 1.26 bits per heavy atom. The van der Waals surface area contributed by atoms with E-state index in [1.165, 1.54) is 31.4 Å². The van der Waals surface area contributed by atoms with Gasteiger partial charge in [-0.2, -0.15) is 11.8 Å². The van der Waals surface area contributed by atoms with E-state index in [1.54, 1.807) is 19.4 Å². The molecule has 0 bridgehead atoms. The molecule has 0 radical (unpaired) electrons. The van der Waals surface area contributed by atoms with Crippen molar-refractivity contribution in [2.45, 2.75) is 69.2 Å². The zero-order valence-corrected chi connectivity index (χ0v) is 21.6. The van der Waals surface area contributed by atoms with E-state index in [2.05, 4.69) is 21.6 Å². The molecular formula is C28H39FN2O3S. The Labute approximate surface area is 212 Å². The van der Waals surface area contributed by atoms with Gasteiger partial charge in [0.25, 0.3) is 0 Å². The highest BCUT2D eigenvalue weighted by atomic mass is 32.2. The first kappa shape index (κ1) is 26.2. The van der Waals surface area contributed by atoms with E-state index in [0.29, 0.717) is 24.2 Å². The number of ether oxygens (including phenoxy) is 1. The van der Waals surface area contributed by atoms with Crippen LogP contribution in [0.15, 0.2) is 30.5 Å². The number of carboxylic acid groups (broad SMARTS) is 1. The molecule has 1 unspecified atom stereocenters. The van der Waals surface area contributed by atoms with Crippen LogP contribution >= 0.6 is 11.8 Å². The number of benzene rings is 1. The fourth-order valence-corrected chi connectivity index (χ4v) is 7.15. The van der Waals surface area contributed by atoms with Crippen LogP contribution in [0.1, 0.15) is 69.5 Å². The lowest BCUT2D eigenvalue weighted by Crippen LogP contribution is -2.42. The van der Waals surface area contributed by atoms with Gasteiger partial charge in [-0.05, 0) is 99.0 Å². The number of hydrogen-bond acceptors (Lipinski definition) is 5. The minimum atomic E-state index is -1.11. The number of hydrogen-bond donors (Lipinski definition) is 1. The molecule has 1 saturated heterocycles. The fourth-order valence-electron chi connectivity index (χ4n) is 5.85. The van der Waals surface area contributed by atoms with Crippen LogP contribution in [0.4, 0.5) is 4.39 Å². The minimum absolute atomic E-state index is 0.0882. The summed E-state index contributed by atoms with van der Waals surface area (Å²) in [6.45, 7) is 2.84. The molecule has 35 heavy (non-hydrogen) atoms. The van der Waals surface area contributed by atoms with Gasteiger partial charge in [0.05, 0.1) is 12.6 Å². The molecule has 0 amide bonds. The summed E-state index contributed by atoms with van der Waals surface area (Å²) in [5, 5.41) is 11.2. The lowest BCUT2D eigenvalue weighted by Gasteiger charge is -2.38. The summed E-state index contributed by atoms with van der Waals surface area (Å²) in [6, 6.07) is 7.30. The maximum Gasteiger partial charge on any atom is 0.303 e. The van der Waals surface area contributed by atoms with Gasteiger partial charge >= 0.3 is 5.97 Å². The molecule has 2 aromatic rings.